The SMILES string of the molecule is COC(=O)c1ccc(Cl)c(NC(=O)c2cnc(C)cn2)c1. The van der Waals surface area contributed by atoms with Crippen molar-refractivity contribution in [3.63, 3.8) is 0 Å². The minimum atomic E-state index is -0.516. The number of amides is 1. The number of aryl methyl sites for hydroxylation is 1. The van der Waals surface area contributed by atoms with Gasteiger partial charge in [0.2, 0.25) is 0 Å². The number of hydrogen-bond donors (Lipinski definition) is 1. The van der Waals surface area contributed by atoms with E-state index in [0.717, 1.165) is 0 Å². The number of halogens is 1. The summed E-state index contributed by atoms with van der Waals surface area (Å²) in [5, 5.41) is 2.89. The fourth-order valence-electron chi connectivity index (χ4n) is 1.56. The third kappa shape index (κ3) is 3.55. The van der Waals surface area contributed by atoms with E-state index in [1.807, 2.05) is 0 Å². The number of ether oxygens (including phenoxy) is 1. The van der Waals surface area contributed by atoms with Gasteiger partial charge in [0.15, 0.2) is 0 Å². The van der Waals surface area contributed by atoms with Gasteiger partial charge in [-0.1, -0.05) is 11.6 Å². The van der Waals surface area contributed by atoms with Crippen LogP contribution in [0.4, 0.5) is 5.69 Å². The Balaban J connectivity index is 2.24. The number of nitrogens with one attached hydrogen (secondary N) is 1. The Morgan fingerprint density at radius 3 is 2.62 bits per heavy atom. The zero-order chi connectivity index (χ0) is 15.4. The summed E-state index contributed by atoms with van der Waals surface area (Å²) in [6.45, 7) is 1.77. The van der Waals surface area contributed by atoms with Crippen LogP contribution in [0.15, 0.2) is 30.6 Å². The van der Waals surface area contributed by atoms with Gasteiger partial charge in [0.05, 0.1) is 35.3 Å². The lowest BCUT2D eigenvalue weighted by molar-refractivity contribution is 0.0600. The number of methoxy groups -OCH3 is 1. The van der Waals surface area contributed by atoms with E-state index in [-0.39, 0.29) is 11.3 Å². The summed E-state index contributed by atoms with van der Waals surface area (Å²) in [5.74, 6) is -0.983. The molecule has 0 radical (unpaired) electrons. The average Bonchev–Trinajstić information content (AvgIpc) is 2.49. The molecule has 7 heteroatoms. The molecule has 0 atom stereocenters. The van der Waals surface area contributed by atoms with Crippen LogP contribution in [0.2, 0.25) is 5.02 Å². The van der Waals surface area contributed by atoms with E-state index in [1.54, 1.807) is 6.92 Å². The van der Waals surface area contributed by atoms with Crippen LogP contribution in [-0.2, 0) is 4.74 Å². The minimum absolute atomic E-state index is 0.153. The molecule has 21 heavy (non-hydrogen) atoms. The predicted molar refractivity (Wildman–Crippen MR) is 77.5 cm³/mol. The van der Waals surface area contributed by atoms with Crippen molar-refractivity contribution in [2.75, 3.05) is 12.4 Å². The number of rotatable bonds is 3. The quantitative estimate of drug-likeness (QED) is 0.881. The van der Waals surface area contributed by atoms with Crippen LogP contribution in [0.1, 0.15) is 26.5 Å². The van der Waals surface area contributed by atoms with Crippen LogP contribution in [0.5, 0.6) is 0 Å². The molecular weight excluding hydrogens is 294 g/mol. The molecule has 1 amide bonds. The molecule has 0 aliphatic rings. The molecule has 0 spiro atoms. The lowest BCUT2D eigenvalue weighted by Crippen LogP contribution is -2.15. The molecule has 0 bridgehead atoms. The highest BCUT2D eigenvalue weighted by Gasteiger charge is 2.13. The number of hydrogen-bond acceptors (Lipinski definition) is 5. The Morgan fingerprint density at radius 1 is 1.24 bits per heavy atom. The summed E-state index contributed by atoms with van der Waals surface area (Å²) < 4.78 is 4.62. The summed E-state index contributed by atoms with van der Waals surface area (Å²) >= 11 is 6.00. The maximum atomic E-state index is 12.0. The van der Waals surface area contributed by atoms with E-state index in [0.29, 0.717) is 16.4 Å². The molecule has 0 aliphatic carbocycles. The van der Waals surface area contributed by atoms with Gasteiger partial charge in [0.25, 0.3) is 5.91 Å². The molecule has 0 fully saturated rings. The molecule has 0 unspecified atom stereocenters. The molecule has 1 heterocycles. The molecule has 1 aromatic carbocycles. The molecule has 108 valence electrons. The number of esters is 1. The van der Waals surface area contributed by atoms with Crippen LogP contribution < -0.4 is 5.32 Å². The van der Waals surface area contributed by atoms with Gasteiger partial charge in [0.1, 0.15) is 5.69 Å². The van der Waals surface area contributed by atoms with Crippen molar-refractivity contribution in [2.45, 2.75) is 6.92 Å². The summed E-state index contributed by atoms with van der Waals surface area (Å²) in [6, 6.07) is 4.45. The molecule has 0 saturated carbocycles. The van der Waals surface area contributed by atoms with E-state index in [1.165, 1.54) is 37.7 Å². The van der Waals surface area contributed by atoms with E-state index < -0.39 is 11.9 Å². The van der Waals surface area contributed by atoms with Crippen LogP contribution in [0.3, 0.4) is 0 Å². The van der Waals surface area contributed by atoms with Gasteiger partial charge in [-0.2, -0.15) is 0 Å². The summed E-state index contributed by atoms with van der Waals surface area (Å²) in [7, 11) is 1.27. The fourth-order valence-corrected chi connectivity index (χ4v) is 1.73. The molecule has 1 aromatic heterocycles. The van der Waals surface area contributed by atoms with Crippen LogP contribution in [-0.4, -0.2) is 29.0 Å². The fraction of sp³-hybridized carbons (Fsp3) is 0.143. The predicted octanol–water partition coefficient (Wildman–Crippen LogP) is 2.48. The first-order valence-electron chi connectivity index (χ1n) is 5.99. The van der Waals surface area contributed by atoms with Gasteiger partial charge in [-0.15, -0.1) is 0 Å². The van der Waals surface area contributed by atoms with E-state index in [4.69, 9.17) is 11.6 Å². The number of nitrogens with zero attached hydrogens (tertiary/aromatic N) is 2. The largest absolute Gasteiger partial charge is 0.465 e. The van der Waals surface area contributed by atoms with E-state index in [9.17, 15) is 9.59 Å². The molecule has 1 N–H and O–H groups in total. The van der Waals surface area contributed by atoms with Gasteiger partial charge < -0.3 is 10.1 Å². The van der Waals surface area contributed by atoms with Crippen molar-refractivity contribution in [1.29, 1.82) is 0 Å². The van der Waals surface area contributed by atoms with Gasteiger partial charge in [-0.3, -0.25) is 9.78 Å². The maximum absolute atomic E-state index is 12.0. The van der Waals surface area contributed by atoms with E-state index in [2.05, 4.69) is 20.0 Å². The minimum Gasteiger partial charge on any atom is -0.465 e. The van der Waals surface area contributed by atoms with Crippen molar-refractivity contribution in [1.82, 2.24) is 9.97 Å². The standard InChI is InChI=1S/C14H12ClN3O3/c1-8-6-17-12(7-16-8)13(19)18-11-5-9(14(20)21-2)3-4-10(11)15/h3-7H,1-2H3,(H,18,19). The topological polar surface area (TPSA) is 81.2 Å². The number of carbonyl (C=O) groups is 2. The number of benzene rings is 1. The molecule has 0 saturated heterocycles. The van der Waals surface area contributed by atoms with Gasteiger partial charge in [-0.25, -0.2) is 9.78 Å². The Bertz CT molecular complexity index is 686. The van der Waals surface area contributed by atoms with Crippen LogP contribution in [0, 0.1) is 6.92 Å². The molecule has 2 aromatic rings. The van der Waals surface area contributed by atoms with Gasteiger partial charge >= 0.3 is 5.97 Å². The van der Waals surface area contributed by atoms with Crippen molar-refractivity contribution < 1.29 is 14.3 Å². The van der Waals surface area contributed by atoms with Crippen molar-refractivity contribution >= 4 is 29.2 Å². The highest BCUT2D eigenvalue weighted by atomic mass is 35.5. The Morgan fingerprint density at radius 2 is 2.00 bits per heavy atom. The first-order valence-corrected chi connectivity index (χ1v) is 6.37. The number of carbonyl (C=O) groups excluding carboxylic acids is 2. The second-order valence-electron chi connectivity index (χ2n) is 4.18. The van der Waals surface area contributed by atoms with Crippen molar-refractivity contribution in [2.24, 2.45) is 0 Å². The molecule has 0 aliphatic heterocycles. The maximum Gasteiger partial charge on any atom is 0.337 e. The lowest BCUT2D eigenvalue weighted by atomic mass is 10.2. The van der Waals surface area contributed by atoms with Crippen LogP contribution in [0.25, 0.3) is 0 Å². The van der Waals surface area contributed by atoms with Crippen molar-refractivity contribution in [3.8, 4) is 0 Å². The summed E-state index contributed by atoms with van der Waals surface area (Å²) in [6.07, 6.45) is 2.85. The molecular formula is C14H12ClN3O3. The third-order valence-electron chi connectivity index (χ3n) is 2.65. The zero-order valence-electron chi connectivity index (χ0n) is 11.4. The Kier molecular flexibility index (Phi) is 4.49. The smallest absolute Gasteiger partial charge is 0.337 e. The second kappa shape index (κ2) is 6.32. The highest BCUT2D eigenvalue weighted by molar-refractivity contribution is 6.34. The average molecular weight is 306 g/mol. The van der Waals surface area contributed by atoms with Gasteiger partial charge in [-0.05, 0) is 25.1 Å². The highest BCUT2D eigenvalue weighted by Crippen LogP contribution is 2.23. The second-order valence-corrected chi connectivity index (χ2v) is 4.59. The van der Waals surface area contributed by atoms with Gasteiger partial charge in [0, 0.05) is 6.20 Å². The first-order chi connectivity index (χ1) is 10.0. The summed E-state index contributed by atoms with van der Waals surface area (Å²) in [4.78, 5) is 31.5. The normalized spacial score (nSPS) is 10.0. The monoisotopic (exact) mass is 305 g/mol. The Hall–Kier alpha value is -2.47. The number of anilines is 1. The Labute approximate surface area is 126 Å². The summed E-state index contributed by atoms with van der Waals surface area (Å²) in [5.41, 5.74) is 1.44. The molecule has 6 nitrogen and oxygen atoms in total. The van der Waals surface area contributed by atoms with Crippen LogP contribution >= 0.6 is 11.6 Å². The van der Waals surface area contributed by atoms with Crippen molar-refractivity contribution in [3.05, 3.63) is 52.6 Å². The zero-order valence-corrected chi connectivity index (χ0v) is 12.1. The first kappa shape index (κ1) is 14.9. The lowest BCUT2D eigenvalue weighted by Gasteiger charge is -2.08. The molecule has 2 rings (SSSR count). The third-order valence-corrected chi connectivity index (χ3v) is 2.98. The van der Waals surface area contributed by atoms with E-state index >= 15 is 0 Å². The number of aromatic nitrogens is 2.